The molecule has 0 atom stereocenters. The predicted molar refractivity (Wildman–Crippen MR) is 103 cm³/mol. The fourth-order valence-electron chi connectivity index (χ4n) is 2.38. The molecule has 148 valence electrons. The van der Waals surface area contributed by atoms with Crippen molar-refractivity contribution in [3.05, 3.63) is 42.5 Å². The highest BCUT2D eigenvalue weighted by molar-refractivity contribution is 7.91. The molecule has 27 heavy (non-hydrogen) atoms. The van der Waals surface area contributed by atoms with Gasteiger partial charge in [-0.2, -0.15) is 0 Å². The summed E-state index contributed by atoms with van der Waals surface area (Å²) >= 11 is 0. The minimum atomic E-state index is -4.00. The lowest BCUT2D eigenvalue weighted by molar-refractivity contribution is 0.325. The van der Waals surface area contributed by atoms with E-state index in [1.165, 1.54) is 12.1 Å². The first-order valence-corrected chi connectivity index (χ1v) is 11.3. The minimum absolute atomic E-state index is 0.110. The zero-order valence-electron chi connectivity index (χ0n) is 15.2. The van der Waals surface area contributed by atoms with Crippen LogP contribution in [0.15, 0.2) is 52.3 Å². The summed E-state index contributed by atoms with van der Waals surface area (Å²) in [5, 5.41) is 5.10. The molecule has 0 amide bonds. The molecule has 0 aromatic heterocycles. The lowest BCUT2D eigenvalue weighted by atomic mass is 10.3. The quantitative estimate of drug-likeness (QED) is 0.691. The number of primary sulfonamides is 1. The average Bonchev–Trinajstić information content (AvgIpc) is 2.60. The van der Waals surface area contributed by atoms with Crippen LogP contribution in [0.4, 0.5) is 5.69 Å². The lowest BCUT2D eigenvalue weighted by Gasteiger charge is -2.22. The van der Waals surface area contributed by atoms with E-state index in [1.54, 1.807) is 43.3 Å². The molecule has 0 heterocycles. The number of anilines is 1. The van der Waals surface area contributed by atoms with Gasteiger partial charge in [-0.25, -0.2) is 22.0 Å². The number of hydrogen-bond acceptors (Lipinski definition) is 7. The average molecular weight is 415 g/mol. The second-order valence-electron chi connectivity index (χ2n) is 5.89. The molecule has 0 saturated heterocycles. The summed E-state index contributed by atoms with van der Waals surface area (Å²) in [7, 11) is -4.40. The molecule has 2 aromatic carbocycles. The third-order valence-electron chi connectivity index (χ3n) is 3.83. The second kappa shape index (κ2) is 8.15. The van der Waals surface area contributed by atoms with Crippen LogP contribution in [0.25, 0.3) is 0 Å². The largest absolute Gasteiger partial charge is 0.497 e. The number of sulfone groups is 1. The first-order chi connectivity index (χ1) is 12.5. The van der Waals surface area contributed by atoms with Crippen molar-refractivity contribution in [2.75, 3.05) is 38.5 Å². The molecule has 2 N–H and O–H groups in total. The van der Waals surface area contributed by atoms with Gasteiger partial charge in [-0.3, -0.25) is 0 Å². The number of nitrogens with two attached hydrogens (primary N) is 1. The predicted octanol–water partition coefficient (Wildman–Crippen LogP) is 1.26. The summed E-state index contributed by atoms with van der Waals surface area (Å²) in [5.41, 5.74) is 0.364. The van der Waals surface area contributed by atoms with Crippen LogP contribution in [0.1, 0.15) is 0 Å². The van der Waals surface area contributed by atoms with Gasteiger partial charge in [0, 0.05) is 13.3 Å². The summed E-state index contributed by atoms with van der Waals surface area (Å²) < 4.78 is 57.9. The Kier molecular flexibility index (Phi) is 6.34. The summed E-state index contributed by atoms with van der Waals surface area (Å²) in [6, 6.07) is 10.8. The van der Waals surface area contributed by atoms with Gasteiger partial charge < -0.3 is 14.4 Å². The molecule has 0 radical (unpaired) electrons. The Morgan fingerprint density at radius 1 is 1.00 bits per heavy atom. The third kappa shape index (κ3) is 5.59. The molecule has 0 aliphatic rings. The Bertz CT molecular complexity index is 1000. The number of sulfonamides is 1. The van der Waals surface area contributed by atoms with Gasteiger partial charge in [0.2, 0.25) is 10.0 Å². The first kappa shape index (κ1) is 21.0. The fourth-order valence-corrected chi connectivity index (χ4v) is 3.94. The number of methoxy groups -OCH3 is 1. The summed E-state index contributed by atoms with van der Waals surface area (Å²) in [4.78, 5) is 1.31. The van der Waals surface area contributed by atoms with Crippen LogP contribution in [0.2, 0.25) is 0 Å². The summed E-state index contributed by atoms with van der Waals surface area (Å²) in [6.07, 6.45) is 1.01. The highest BCUT2D eigenvalue weighted by Crippen LogP contribution is 2.27. The maximum atomic E-state index is 12.1. The molecule has 2 aromatic rings. The SMILES string of the molecule is COc1ccc(OCCN(C)c2ccc(S(N)(=O)=O)cc2S(C)(=O)=O)cc1. The van der Waals surface area contributed by atoms with Gasteiger partial charge >= 0.3 is 0 Å². The zero-order valence-corrected chi connectivity index (χ0v) is 16.9. The highest BCUT2D eigenvalue weighted by atomic mass is 32.2. The molecule has 0 bridgehead atoms. The first-order valence-electron chi connectivity index (χ1n) is 7.87. The molecule has 0 saturated carbocycles. The van der Waals surface area contributed by atoms with E-state index in [1.807, 2.05) is 0 Å². The van der Waals surface area contributed by atoms with Crippen molar-refractivity contribution < 1.29 is 26.3 Å². The van der Waals surface area contributed by atoms with Crippen molar-refractivity contribution in [2.24, 2.45) is 5.14 Å². The topological polar surface area (TPSA) is 116 Å². The number of benzene rings is 2. The molecular weight excluding hydrogens is 392 g/mol. The van der Waals surface area contributed by atoms with Crippen molar-refractivity contribution >= 4 is 25.5 Å². The van der Waals surface area contributed by atoms with E-state index < -0.39 is 19.9 Å². The van der Waals surface area contributed by atoms with E-state index >= 15 is 0 Å². The van der Waals surface area contributed by atoms with E-state index in [-0.39, 0.29) is 9.79 Å². The van der Waals surface area contributed by atoms with Crippen molar-refractivity contribution in [2.45, 2.75) is 9.79 Å². The normalized spacial score (nSPS) is 11.9. The molecular formula is C17H22N2O6S2. The summed E-state index contributed by atoms with van der Waals surface area (Å²) in [5.74, 6) is 1.37. The summed E-state index contributed by atoms with van der Waals surface area (Å²) in [6.45, 7) is 0.673. The Labute approximate surface area is 159 Å². The molecule has 0 fully saturated rings. The van der Waals surface area contributed by atoms with Crippen LogP contribution in [-0.2, 0) is 19.9 Å². The molecule has 0 aliphatic heterocycles. The van der Waals surface area contributed by atoms with Crippen molar-refractivity contribution in [3.8, 4) is 11.5 Å². The van der Waals surface area contributed by atoms with Crippen LogP contribution < -0.4 is 19.5 Å². The van der Waals surface area contributed by atoms with Gasteiger partial charge in [0.05, 0.1) is 29.1 Å². The second-order valence-corrected chi connectivity index (χ2v) is 9.44. The van der Waals surface area contributed by atoms with Crippen molar-refractivity contribution in [1.82, 2.24) is 0 Å². The molecule has 2 rings (SSSR count). The highest BCUT2D eigenvalue weighted by Gasteiger charge is 2.20. The Balaban J connectivity index is 2.16. The molecule has 0 aliphatic carbocycles. The van der Waals surface area contributed by atoms with Crippen molar-refractivity contribution in [1.29, 1.82) is 0 Å². The van der Waals surface area contributed by atoms with Crippen LogP contribution in [0.5, 0.6) is 11.5 Å². The molecule has 8 nitrogen and oxygen atoms in total. The van der Waals surface area contributed by atoms with E-state index in [4.69, 9.17) is 14.6 Å². The van der Waals surface area contributed by atoms with Gasteiger partial charge in [0.25, 0.3) is 0 Å². The number of rotatable bonds is 8. The van der Waals surface area contributed by atoms with Crippen molar-refractivity contribution in [3.63, 3.8) is 0 Å². The number of hydrogen-bond donors (Lipinski definition) is 1. The Hall–Kier alpha value is -2.30. The fraction of sp³-hybridized carbons (Fsp3) is 0.294. The smallest absolute Gasteiger partial charge is 0.238 e. The molecule has 0 unspecified atom stereocenters. The minimum Gasteiger partial charge on any atom is -0.497 e. The molecule has 10 heteroatoms. The van der Waals surface area contributed by atoms with E-state index in [0.29, 0.717) is 30.3 Å². The van der Waals surface area contributed by atoms with Gasteiger partial charge in [0.1, 0.15) is 18.1 Å². The zero-order chi connectivity index (χ0) is 20.2. The molecule has 0 spiro atoms. The number of likely N-dealkylation sites (N-methyl/N-ethyl adjacent to an activating group) is 1. The van der Waals surface area contributed by atoms with Crippen LogP contribution in [0, 0.1) is 0 Å². The van der Waals surface area contributed by atoms with E-state index in [0.717, 1.165) is 12.3 Å². The number of nitrogens with zero attached hydrogens (tertiary/aromatic N) is 1. The van der Waals surface area contributed by atoms with E-state index in [2.05, 4.69) is 0 Å². The lowest BCUT2D eigenvalue weighted by Crippen LogP contribution is -2.25. The maximum absolute atomic E-state index is 12.1. The van der Waals surface area contributed by atoms with Gasteiger partial charge in [0.15, 0.2) is 9.84 Å². The van der Waals surface area contributed by atoms with Crippen LogP contribution in [-0.4, -0.2) is 50.4 Å². The maximum Gasteiger partial charge on any atom is 0.238 e. The Morgan fingerprint density at radius 2 is 1.59 bits per heavy atom. The third-order valence-corrected chi connectivity index (χ3v) is 5.86. The van der Waals surface area contributed by atoms with Gasteiger partial charge in [-0.05, 0) is 42.5 Å². The Morgan fingerprint density at radius 3 is 2.11 bits per heavy atom. The number of ether oxygens (including phenoxy) is 2. The van der Waals surface area contributed by atoms with Gasteiger partial charge in [-0.15, -0.1) is 0 Å². The van der Waals surface area contributed by atoms with E-state index in [9.17, 15) is 16.8 Å². The monoisotopic (exact) mass is 414 g/mol. The van der Waals surface area contributed by atoms with Crippen LogP contribution in [0.3, 0.4) is 0 Å². The van der Waals surface area contributed by atoms with Gasteiger partial charge in [-0.1, -0.05) is 0 Å². The standard InChI is InChI=1S/C17H22N2O6S2/c1-19(10-11-25-14-6-4-13(24-2)5-7-14)16-9-8-15(27(18,22)23)12-17(16)26(3,20)21/h4-9,12H,10-11H2,1-3H3,(H2,18,22,23). The van der Waals surface area contributed by atoms with Crippen LogP contribution >= 0.6 is 0 Å².